The SMILES string of the molecule is O=C(O)Cn1cc(/C=C/c2nc(-c3ccccc3)cs2)nn1. The zero-order chi connectivity index (χ0) is 15.4. The molecule has 0 amide bonds. The third kappa shape index (κ3) is 3.44. The molecule has 110 valence electrons. The molecule has 0 aliphatic heterocycles. The Morgan fingerprint density at radius 1 is 1.27 bits per heavy atom. The molecule has 7 heteroatoms. The maximum atomic E-state index is 10.6. The number of thiazole rings is 1. The first-order valence-corrected chi connectivity index (χ1v) is 7.39. The normalized spacial score (nSPS) is 11.1. The Balaban J connectivity index is 1.72. The van der Waals surface area contributed by atoms with Gasteiger partial charge in [-0.15, -0.1) is 16.4 Å². The van der Waals surface area contributed by atoms with E-state index in [0.29, 0.717) is 5.69 Å². The summed E-state index contributed by atoms with van der Waals surface area (Å²) in [6, 6.07) is 9.95. The lowest BCUT2D eigenvalue weighted by atomic mass is 10.2. The molecule has 0 atom stereocenters. The van der Waals surface area contributed by atoms with E-state index in [9.17, 15) is 4.79 Å². The Morgan fingerprint density at radius 2 is 2.09 bits per heavy atom. The van der Waals surface area contributed by atoms with E-state index < -0.39 is 5.97 Å². The van der Waals surface area contributed by atoms with Crippen LogP contribution in [0.2, 0.25) is 0 Å². The summed E-state index contributed by atoms with van der Waals surface area (Å²) in [5, 5.41) is 19.2. The van der Waals surface area contributed by atoms with Crippen molar-refractivity contribution in [2.45, 2.75) is 6.54 Å². The lowest BCUT2D eigenvalue weighted by Gasteiger charge is -1.93. The van der Waals surface area contributed by atoms with Crippen LogP contribution in [0, 0.1) is 0 Å². The van der Waals surface area contributed by atoms with Crippen molar-refractivity contribution in [1.29, 1.82) is 0 Å². The number of carboxylic acids is 1. The van der Waals surface area contributed by atoms with Crippen LogP contribution in [0.1, 0.15) is 10.7 Å². The van der Waals surface area contributed by atoms with Gasteiger partial charge in [-0.1, -0.05) is 35.5 Å². The Bertz CT molecular complexity index is 808. The molecule has 3 rings (SSSR count). The van der Waals surface area contributed by atoms with Crippen LogP contribution in [0.4, 0.5) is 0 Å². The molecule has 3 aromatic rings. The van der Waals surface area contributed by atoms with Gasteiger partial charge in [-0.3, -0.25) is 4.79 Å². The van der Waals surface area contributed by atoms with E-state index in [0.717, 1.165) is 16.3 Å². The minimum Gasteiger partial charge on any atom is -0.480 e. The number of carbonyl (C=O) groups is 1. The van der Waals surface area contributed by atoms with Crippen LogP contribution in [0.25, 0.3) is 23.4 Å². The fraction of sp³-hybridized carbons (Fsp3) is 0.0667. The molecule has 6 nitrogen and oxygen atoms in total. The van der Waals surface area contributed by atoms with Crippen LogP contribution in [0.5, 0.6) is 0 Å². The van der Waals surface area contributed by atoms with Crippen molar-refractivity contribution in [2.24, 2.45) is 0 Å². The van der Waals surface area contributed by atoms with E-state index in [1.54, 1.807) is 12.3 Å². The minimum atomic E-state index is -0.951. The van der Waals surface area contributed by atoms with Crippen LogP contribution < -0.4 is 0 Å². The highest BCUT2D eigenvalue weighted by molar-refractivity contribution is 7.10. The molecule has 0 fully saturated rings. The lowest BCUT2D eigenvalue weighted by Crippen LogP contribution is -2.08. The summed E-state index contributed by atoms with van der Waals surface area (Å²) < 4.78 is 1.28. The minimum absolute atomic E-state index is 0.198. The second-order valence-corrected chi connectivity index (χ2v) is 5.39. The maximum absolute atomic E-state index is 10.6. The summed E-state index contributed by atoms with van der Waals surface area (Å²) in [6.07, 6.45) is 5.18. The summed E-state index contributed by atoms with van der Waals surface area (Å²) in [5.74, 6) is -0.951. The average molecular weight is 312 g/mol. The van der Waals surface area contributed by atoms with Gasteiger partial charge in [0.15, 0.2) is 0 Å². The Morgan fingerprint density at radius 3 is 2.86 bits per heavy atom. The van der Waals surface area contributed by atoms with Gasteiger partial charge in [-0.25, -0.2) is 9.67 Å². The van der Waals surface area contributed by atoms with Crippen LogP contribution in [0.3, 0.4) is 0 Å². The number of aromatic nitrogens is 4. The second-order valence-electron chi connectivity index (χ2n) is 4.51. The molecule has 1 aromatic carbocycles. The topological polar surface area (TPSA) is 80.9 Å². The Labute approximate surface area is 130 Å². The monoisotopic (exact) mass is 312 g/mol. The van der Waals surface area contributed by atoms with Crippen molar-refractivity contribution in [3.05, 3.63) is 52.6 Å². The summed E-state index contributed by atoms with van der Waals surface area (Å²) in [7, 11) is 0. The van der Waals surface area contributed by atoms with E-state index in [2.05, 4.69) is 15.3 Å². The standard InChI is InChI=1S/C15H12N4O2S/c20-15(21)9-19-8-12(17-18-19)6-7-14-16-13(10-22-14)11-4-2-1-3-5-11/h1-8,10H,9H2,(H,20,21)/b7-6+. The number of hydrogen-bond acceptors (Lipinski definition) is 5. The number of hydrogen-bond donors (Lipinski definition) is 1. The van der Waals surface area contributed by atoms with E-state index in [-0.39, 0.29) is 6.54 Å². The van der Waals surface area contributed by atoms with Crippen LogP contribution >= 0.6 is 11.3 Å². The average Bonchev–Trinajstić information content (AvgIpc) is 3.15. The van der Waals surface area contributed by atoms with Gasteiger partial charge in [0, 0.05) is 10.9 Å². The molecule has 22 heavy (non-hydrogen) atoms. The highest BCUT2D eigenvalue weighted by atomic mass is 32.1. The van der Waals surface area contributed by atoms with E-state index in [1.807, 2.05) is 41.8 Å². The van der Waals surface area contributed by atoms with Gasteiger partial charge in [0.2, 0.25) is 0 Å². The number of nitrogens with zero attached hydrogens (tertiary/aromatic N) is 4. The second kappa shape index (κ2) is 6.31. The van der Waals surface area contributed by atoms with Crippen LogP contribution in [-0.4, -0.2) is 31.1 Å². The van der Waals surface area contributed by atoms with Gasteiger partial charge in [0.05, 0.1) is 11.9 Å². The maximum Gasteiger partial charge on any atom is 0.325 e. The van der Waals surface area contributed by atoms with Gasteiger partial charge in [0.25, 0.3) is 0 Å². The Kier molecular flexibility index (Phi) is 4.06. The molecule has 0 saturated heterocycles. The molecule has 0 aliphatic carbocycles. The predicted molar refractivity (Wildman–Crippen MR) is 84.1 cm³/mol. The summed E-state index contributed by atoms with van der Waals surface area (Å²) >= 11 is 1.53. The first-order valence-electron chi connectivity index (χ1n) is 6.52. The highest BCUT2D eigenvalue weighted by Crippen LogP contribution is 2.22. The smallest absolute Gasteiger partial charge is 0.325 e. The molecule has 0 aliphatic rings. The van der Waals surface area contributed by atoms with Crippen molar-refractivity contribution in [1.82, 2.24) is 20.0 Å². The molecular formula is C15H12N4O2S. The van der Waals surface area contributed by atoms with Gasteiger partial charge >= 0.3 is 5.97 Å². The molecule has 0 unspecified atom stereocenters. The van der Waals surface area contributed by atoms with Gasteiger partial charge < -0.3 is 5.11 Å². The molecule has 2 aromatic heterocycles. The van der Waals surface area contributed by atoms with Gasteiger partial charge in [-0.2, -0.15) is 0 Å². The fourth-order valence-electron chi connectivity index (χ4n) is 1.87. The molecule has 0 spiro atoms. The van der Waals surface area contributed by atoms with Crippen molar-refractivity contribution in [3.63, 3.8) is 0 Å². The summed E-state index contributed by atoms with van der Waals surface area (Å²) in [5.41, 5.74) is 2.60. The largest absolute Gasteiger partial charge is 0.480 e. The zero-order valence-corrected chi connectivity index (χ0v) is 12.3. The summed E-state index contributed by atoms with van der Waals surface area (Å²) in [6.45, 7) is -0.198. The van der Waals surface area contributed by atoms with E-state index >= 15 is 0 Å². The molecule has 0 radical (unpaired) electrons. The third-order valence-corrected chi connectivity index (χ3v) is 3.65. The van der Waals surface area contributed by atoms with Crippen molar-refractivity contribution in [2.75, 3.05) is 0 Å². The number of benzene rings is 1. The molecular weight excluding hydrogens is 300 g/mol. The molecule has 1 N–H and O–H groups in total. The molecule has 0 bridgehead atoms. The number of carboxylic acid groups (broad SMARTS) is 1. The fourth-order valence-corrected chi connectivity index (χ4v) is 2.59. The Hall–Kier alpha value is -2.80. The first kappa shape index (κ1) is 14.2. The molecule has 2 heterocycles. The predicted octanol–water partition coefficient (Wildman–Crippen LogP) is 2.66. The number of aliphatic carboxylic acids is 1. The van der Waals surface area contributed by atoms with Crippen LogP contribution in [0.15, 0.2) is 41.9 Å². The van der Waals surface area contributed by atoms with Crippen molar-refractivity contribution < 1.29 is 9.90 Å². The van der Waals surface area contributed by atoms with Crippen molar-refractivity contribution >= 4 is 29.5 Å². The summed E-state index contributed by atoms with van der Waals surface area (Å²) in [4.78, 5) is 15.1. The van der Waals surface area contributed by atoms with Gasteiger partial charge in [0.1, 0.15) is 17.2 Å². The zero-order valence-electron chi connectivity index (χ0n) is 11.5. The third-order valence-electron chi connectivity index (χ3n) is 2.84. The van der Waals surface area contributed by atoms with E-state index in [4.69, 9.17) is 5.11 Å². The highest BCUT2D eigenvalue weighted by Gasteiger charge is 2.04. The van der Waals surface area contributed by atoms with E-state index in [1.165, 1.54) is 16.0 Å². The quantitative estimate of drug-likeness (QED) is 0.783. The first-order chi connectivity index (χ1) is 10.7. The van der Waals surface area contributed by atoms with Crippen LogP contribution in [-0.2, 0) is 11.3 Å². The molecule has 0 saturated carbocycles. The lowest BCUT2D eigenvalue weighted by molar-refractivity contribution is -0.137. The van der Waals surface area contributed by atoms with Crippen molar-refractivity contribution in [3.8, 4) is 11.3 Å². The number of rotatable bonds is 5. The van der Waals surface area contributed by atoms with Gasteiger partial charge in [-0.05, 0) is 12.2 Å².